The molecule has 0 saturated heterocycles. The van der Waals surface area contributed by atoms with Gasteiger partial charge in [0.1, 0.15) is 0 Å². The molecule has 0 N–H and O–H groups in total. The Hall–Kier alpha value is -1.58. The summed E-state index contributed by atoms with van der Waals surface area (Å²) < 4.78 is 1.70. The number of carbonyl (C=O) groups is 1. The molecule has 0 saturated carbocycles. The van der Waals surface area contributed by atoms with Crippen LogP contribution in [0, 0.1) is 6.92 Å². The van der Waals surface area contributed by atoms with Crippen molar-refractivity contribution in [3.8, 4) is 0 Å². The highest BCUT2D eigenvalue weighted by atomic mass is 35.5. The van der Waals surface area contributed by atoms with Crippen molar-refractivity contribution in [3.63, 3.8) is 0 Å². The van der Waals surface area contributed by atoms with E-state index in [9.17, 15) is 4.79 Å². The van der Waals surface area contributed by atoms with Gasteiger partial charge in [0.2, 0.25) is 0 Å². The van der Waals surface area contributed by atoms with Gasteiger partial charge in [-0.25, -0.2) is 0 Å². The molecule has 98 valence electrons. The summed E-state index contributed by atoms with van der Waals surface area (Å²) in [6.07, 6.45) is 5.07. The summed E-state index contributed by atoms with van der Waals surface area (Å²) in [5.74, 6) is -0.162. The van der Waals surface area contributed by atoms with Crippen molar-refractivity contribution >= 4 is 35.1 Å². The molecule has 0 aliphatic heterocycles. The van der Waals surface area contributed by atoms with Gasteiger partial charge in [-0.05, 0) is 37.3 Å². The van der Waals surface area contributed by atoms with Crippen molar-refractivity contribution in [2.45, 2.75) is 6.92 Å². The van der Waals surface area contributed by atoms with Gasteiger partial charge in [0.25, 0.3) is 0 Å². The lowest BCUT2D eigenvalue weighted by Crippen LogP contribution is -1.95. The second-order valence-corrected chi connectivity index (χ2v) is 5.01. The lowest BCUT2D eigenvalue weighted by atomic mass is 10.1. The summed E-state index contributed by atoms with van der Waals surface area (Å²) >= 11 is 11.8. The zero-order valence-electron chi connectivity index (χ0n) is 10.5. The third-order valence-corrected chi connectivity index (χ3v) is 3.21. The fourth-order valence-electron chi connectivity index (χ4n) is 1.73. The van der Waals surface area contributed by atoms with Crippen LogP contribution >= 0.6 is 23.2 Å². The summed E-state index contributed by atoms with van der Waals surface area (Å²) in [5.41, 5.74) is 2.21. The molecule has 1 heterocycles. The quantitative estimate of drug-likeness (QED) is 0.635. The number of halogens is 2. The second-order valence-electron chi connectivity index (χ2n) is 4.17. The number of hydrogen-bond donors (Lipinski definition) is 0. The predicted octanol–water partition coefficient (Wildman–Crippen LogP) is 3.93. The lowest BCUT2D eigenvalue weighted by Gasteiger charge is -2.00. The standard InChI is InChI=1S/C14H12Cl2N2O/c1-9-10(8-18(2)17-9)3-6-14(19)12-5-4-11(15)7-13(12)16/h3-8H,1-2H3/b6-3+. The Morgan fingerprint density at radius 3 is 2.68 bits per heavy atom. The van der Waals surface area contributed by atoms with Crippen LogP contribution in [0.4, 0.5) is 0 Å². The number of benzene rings is 1. The topological polar surface area (TPSA) is 34.9 Å². The second kappa shape index (κ2) is 5.59. The molecule has 0 bridgehead atoms. The van der Waals surface area contributed by atoms with Crippen molar-refractivity contribution in [2.75, 3.05) is 0 Å². The summed E-state index contributed by atoms with van der Waals surface area (Å²) in [6.45, 7) is 1.89. The maximum atomic E-state index is 12.0. The van der Waals surface area contributed by atoms with Crippen LogP contribution in [0.3, 0.4) is 0 Å². The smallest absolute Gasteiger partial charge is 0.187 e. The third-order valence-electron chi connectivity index (χ3n) is 2.66. The molecular weight excluding hydrogens is 283 g/mol. The molecule has 0 unspecified atom stereocenters. The summed E-state index contributed by atoms with van der Waals surface area (Å²) in [7, 11) is 1.84. The highest BCUT2D eigenvalue weighted by Crippen LogP contribution is 2.22. The van der Waals surface area contributed by atoms with E-state index in [1.807, 2.05) is 20.2 Å². The Bertz CT molecular complexity index is 659. The van der Waals surface area contributed by atoms with Gasteiger partial charge in [0.15, 0.2) is 5.78 Å². The number of carbonyl (C=O) groups excluding carboxylic acids is 1. The normalized spacial score (nSPS) is 11.2. The van der Waals surface area contributed by atoms with Gasteiger partial charge in [-0.2, -0.15) is 5.10 Å². The van der Waals surface area contributed by atoms with Gasteiger partial charge < -0.3 is 0 Å². The molecular formula is C14H12Cl2N2O. The van der Waals surface area contributed by atoms with Crippen molar-refractivity contribution < 1.29 is 4.79 Å². The maximum Gasteiger partial charge on any atom is 0.187 e. The zero-order valence-corrected chi connectivity index (χ0v) is 12.0. The van der Waals surface area contributed by atoms with Crippen LogP contribution in [0.15, 0.2) is 30.5 Å². The minimum absolute atomic E-state index is 0.162. The molecule has 0 spiro atoms. The van der Waals surface area contributed by atoms with E-state index >= 15 is 0 Å². The molecule has 0 aliphatic rings. The van der Waals surface area contributed by atoms with Gasteiger partial charge in [-0.15, -0.1) is 0 Å². The van der Waals surface area contributed by atoms with Crippen LogP contribution < -0.4 is 0 Å². The molecule has 2 aromatic rings. The van der Waals surface area contributed by atoms with Crippen LogP contribution in [0.25, 0.3) is 6.08 Å². The van der Waals surface area contributed by atoms with E-state index in [0.29, 0.717) is 15.6 Å². The minimum atomic E-state index is -0.162. The van der Waals surface area contributed by atoms with E-state index in [0.717, 1.165) is 11.3 Å². The fourth-order valence-corrected chi connectivity index (χ4v) is 2.23. The van der Waals surface area contributed by atoms with E-state index < -0.39 is 0 Å². The summed E-state index contributed by atoms with van der Waals surface area (Å²) in [4.78, 5) is 12.0. The van der Waals surface area contributed by atoms with Crippen LogP contribution in [0.2, 0.25) is 10.0 Å². The Labute approximate surface area is 121 Å². The molecule has 3 nitrogen and oxygen atoms in total. The molecule has 0 aliphatic carbocycles. The zero-order chi connectivity index (χ0) is 14.0. The Morgan fingerprint density at radius 2 is 2.11 bits per heavy atom. The Morgan fingerprint density at radius 1 is 1.37 bits per heavy atom. The molecule has 1 aromatic carbocycles. The van der Waals surface area contributed by atoms with Gasteiger partial charge in [0, 0.05) is 29.4 Å². The van der Waals surface area contributed by atoms with E-state index in [2.05, 4.69) is 5.10 Å². The highest BCUT2D eigenvalue weighted by molar-refractivity contribution is 6.37. The highest BCUT2D eigenvalue weighted by Gasteiger charge is 2.08. The Kier molecular flexibility index (Phi) is 4.08. The minimum Gasteiger partial charge on any atom is -0.289 e. The SMILES string of the molecule is Cc1nn(C)cc1/C=C/C(=O)c1ccc(Cl)cc1Cl. The molecule has 19 heavy (non-hydrogen) atoms. The van der Waals surface area contributed by atoms with Crippen LogP contribution in [-0.4, -0.2) is 15.6 Å². The van der Waals surface area contributed by atoms with Gasteiger partial charge in [-0.1, -0.05) is 23.2 Å². The molecule has 0 amide bonds. The Balaban J connectivity index is 2.23. The molecule has 0 atom stereocenters. The average Bonchev–Trinajstić information content (AvgIpc) is 2.65. The number of allylic oxidation sites excluding steroid dienone is 1. The fraction of sp³-hybridized carbons (Fsp3) is 0.143. The number of hydrogen-bond acceptors (Lipinski definition) is 2. The largest absolute Gasteiger partial charge is 0.289 e. The van der Waals surface area contributed by atoms with Crippen molar-refractivity contribution in [1.29, 1.82) is 0 Å². The molecule has 0 radical (unpaired) electrons. The predicted molar refractivity (Wildman–Crippen MR) is 77.8 cm³/mol. The lowest BCUT2D eigenvalue weighted by molar-refractivity contribution is 0.104. The monoisotopic (exact) mass is 294 g/mol. The van der Waals surface area contributed by atoms with Gasteiger partial charge >= 0.3 is 0 Å². The van der Waals surface area contributed by atoms with Crippen molar-refractivity contribution in [2.24, 2.45) is 7.05 Å². The number of rotatable bonds is 3. The average molecular weight is 295 g/mol. The van der Waals surface area contributed by atoms with Gasteiger partial charge in [0.05, 0.1) is 10.7 Å². The third kappa shape index (κ3) is 3.25. The first kappa shape index (κ1) is 13.8. The van der Waals surface area contributed by atoms with Crippen molar-refractivity contribution in [3.05, 3.63) is 57.3 Å². The van der Waals surface area contributed by atoms with Crippen LogP contribution in [0.5, 0.6) is 0 Å². The first-order valence-corrected chi connectivity index (χ1v) is 6.40. The van der Waals surface area contributed by atoms with E-state index in [1.54, 1.807) is 29.0 Å². The summed E-state index contributed by atoms with van der Waals surface area (Å²) in [5, 5.41) is 5.06. The molecule has 1 aromatic heterocycles. The van der Waals surface area contributed by atoms with E-state index in [4.69, 9.17) is 23.2 Å². The first-order chi connectivity index (χ1) is 8.97. The van der Waals surface area contributed by atoms with Crippen LogP contribution in [0.1, 0.15) is 21.6 Å². The van der Waals surface area contributed by atoms with Crippen molar-refractivity contribution in [1.82, 2.24) is 9.78 Å². The molecule has 2 rings (SSSR count). The van der Waals surface area contributed by atoms with E-state index in [-0.39, 0.29) is 5.78 Å². The van der Waals surface area contributed by atoms with Crippen LogP contribution in [-0.2, 0) is 7.05 Å². The number of aromatic nitrogens is 2. The van der Waals surface area contributed by atoms with Gasteiger partial charge in [-0.3, -0.25) is 9.48 Å². The van der Waals surface area contributed by atoms with E-state index in [1.165, 1.54) is 6.08 Å². The molecule has 0 fully saturated rings. The maximum absolute atomic E-state index is 12.0. The summed E-state index contributed by atoms with van der Waals surface area (Å²) in [6, 6.07) is 4.82. The number of ketones is 1. The first-order valence-electron chi connectivity index (χ1n) is 5.65. The molecule has 5 heteroatoms. The number of nitrogens with zero attached hydrogens (tertiary/aromatic N) is 2. The number of aryl methyl sites for hydroxylation is 2.